The third kappa shape index (κ3) is 16.3. The topological polar surface area (TPSA) is 155 Å². The van der Waals surface area contributed by atoms with Gasteiger partial charge in [-0.05, 0) is 35.4 Å². The molecular formula is C28H22CaFeO8. The second-order valence-electron chi connectivity index (χ2n) is 6.65. The van der Waals surface area contributed by atoms with Crippen LogP contribution in [0.25, 0.3) is 0 Å². The van der Waals surface area contributed by atoms with E-state index in [9.17, 15) is 29.4 Å². The number of rotatable bonds is 4. The fourth-order valence-corrected chi connectivity index (χ4v) is 2.31. The zero-order valence-corrected chi connectivity index (χ0v) is 23.3. The minimum Gasteiger partial charge on any atom is -0.545 e. The molecule has 0 saturated carbocycles. The van der Waals surface area contributed by atoms with Crippen molar-refractivity contribution in [1.29, 1.82) is 0 Å². The van der Waals surface area contributed by atoms with Gasteiger partial charge in [-0.3, -0.25) is 0 Å². The van der Waals surface area contributed by atoms with Gasteiger partial charge in [0, 0.05) is 17.1 Å². The summed E-state index contributed by atoms with van der Waals surface area (Å²) < 4.78 is 0. The minimum atomic E-state index is -1.13. The van der Waals surface area contributed by atoms with Gasteiger partial charge in [-0.15, -0.1) is 0 Å². The first-order valence-electron chi connectivity index (χ1n) is 10.3. The molecule has 0 aliphatic carbocycles. The molecule has 192 valence electrons. The number of carbonyl (C=O) groups excluding carboxylic acids is 2. The van der Waals surface area contributed by atoms with E-state index in [-0.39, 0.29) is 65.9 Å². The first-order chi connectivity index (χ1) is 17.2. The van der Waals surface area contributed by atoms with Crippen LogP contribution in [-0.2, 0) is 17.1 Å². The number of carboxylic acids is 4. The van der Waals surface area contributed by atoms with Crippen molar-refractivity contribution in [3.05, 3.63) is 144 Å². The second-order valence-corrected chi connectivity index (χ2v) is 6.65. The van der Waals surface area contributed by atoms with Gasteiger partial charge in [-0.25, -0.2) is 9.59 Å². The molecule has 0 aromatic heterocycles. The predicted octanol–water partition coefficient (Wildman–Crippen LogP) is 2.49. The Morgan fingerprint density at radius 2 is 0.605 bits per heavy atom. The smallest absolute Gasteiger partial charge is 0.545 e. The Morgan fingerprint density at radius 3 is 0.711 bits per heavy atom. The van der Waals surface area contributed by atoms with Crippen LogP contribution in [0, 0.1) is 0 Å². The van der Waals surface area contributed by atoms with Crippen molar-refractivity contribution in [3.8, 4) is 0 Å². The van der Waals surface area contributed by atoms with Crippen LogP contribution < -0.4 is 10.2 Å². The van der Waals surface area contributed by atoms with Gasteiger partial charge < -0.3 is 30.0 Å². The van der Waals surface area contributed by atoms with Crippen molar-refractivity contribution in [2.24, 2.45) is 0 Å². The summed E-state index contributed by atoms with van der Waals surface area (Å²) in [6, 6.07) is 32.7. The van der Waals surface area contributed by atoms with Crippen molar-refractivity contribution in [2.75, 3.05) is 0 Å². The van der Waals surface area contributed by atoms with E-state index in [2.05, 4.69) is 0 Å². The number of aromatic carboxylic acids is 4. The van der Waals surface area contributed by atoms with Crippen molar-refractivity contribution in [3.63, 3.8) is 0 Å². The molecule has 8 nitrogen and oxygen atoms in total. The fraction of sp³-hybridized carbons (Fsp3) is 0. The van der Waals surface area contributed by atoms with Crippen LogP contribution in [0.5, 0.6) is 0 Å². The summed E-state index contributed by atoms with van der Waals surface area (Å²) in [5.41, 5.74) is 1.10. The molecule has 0 radical (unpaired) electrons. The molecule has 0 saturated heterocycles. The molecule has 0 atom stereocenters. The molecule has 2 N–H and O–H groups in total. The summed E-state index contributed by atoms with van der Waals surface area (Å²) in [5, 5.41) is 36.9. The molecule has 0 bridgehead atoms. The summed E-state index contributed by atoms with van der Waals surface area (Å²) in [6.45, 7) is 0. The van der Waals surface area contributed by atoms with Gasteiger partial charge in [0.2, 0.25) is 0 Å². The Hall–Kier alpha value is -3.46. The molecule has 0 aliphatic heterocycles. The monoisotopic (exact) mass is 582 g/mol. The van der Waals surface area contributed by atoms with Gasteiger partial charge in [0.15, 0.2) is 0 Å². The zero-order valence-electron chi connectivity index (χ0n) is 20.0. The van der Waals surface area contributed by atoms with Crippen LogP contribution in [0.2, 0.25) is 0 Å². The van der Waals surface area contributed by atoms with E-state index in [1.54, 1.807) is 97.1 Å². The molecule has 10 heteroatoms. The fourth-order valence-electron chi connectivity index (χ4n) is 2.31. The minimum absolute atomic E-state index is 0. The molecule has 0 unspecified atom stereocenters. The summed E-state index contributed by atoms with van der Waals surface area (Å²) in [4.78, 5) is 40.6. The molecule has 0 heterocycles. The number of hydrogen-bond acceptors (Lipinski definition) is 6. The predicted molar refractivity (Wildman–Crippen MR) is 134 cm³/mol. The Labute approximate surface area is 260 Å². The van der Waals surface area contributed by atoms with E-state index in [0.717, 1.165) is 0 Å². The molecule has 38 heavy (non-hydrogen) atoms. The maximum atomic E-state index is 10.2. The summed E-state index contributed by atoms with van der Waals surface area (Å²) >= 11 is 0. The summed E-state index contributed by atoms with van der Waals surface area (Å²) in [5.74, 6) is -4.02. The van der Waals surface area contributed by atoms with Crippen LogP contribution in [0.1, 0.15) is 41.4 Å². The van der Waals surface area contributed by atoms with Crippen LogP contribution in [0.15, 0.2) is 121 Å². The van der Waals surface area contributed by atoms with Crippen LogP contribution in [0.3, 0.4) is 0 Å². The van der Waals surface area contributed by atoms with E-state index in [1.807, 2.05) is 0 Å². The molecule has 0 aliphatic rings. The molecule has 0 fully saturated rings. The maximum absolute atomic E-state index is 10.2. The largest absolute Gasteiger partial charge is 2.00 e. The summed E-state index contributed by atoms with van der Waals surface area (Å²) in [7, 11) is 0. The van der Waals surface area contributed by atoms with E-state index < -0.39 is 23.9 Å². The third-order valence-corrected chi connectivity index (χ3v) is 4.06. The standard InChI is InChI=1S/4C7H6O2.Ca.Fe/c4*8-7(9)6-4-2-1-3-5-6;;/h4*1-5H,(H,8,9);;/q;;;;+2;/p-2. The van der Waals surface area contributed by atoms with Crippen LogP contribution >= 0.6 is 0 Å². The molecule has 0 amide bonds. The maximum Gasteiger partial charge on any atom is 2.00 e. The first-order valence-corrected chi connectivity index (χ1v) is 10.3. The van der Waals surface area contributed by atoms with Gasteiger partial charge in [-0.2, -0.15) is 0 Å². The third-order valence-electron chi connectivity index (χ3n) is 4.06. The Kier molecular flexibility index (Phi) is 20.9. The molecular weight excluding hydrogens is 560 g/mol. The van der Waals surface area contributed by atoms with E-state index in [0.29, 0.717) is 11.1 Å². The van der Waals surface area contributed by atoms with Gasteiger partial charge in [0.1, 0.15) is 0 Å². The quantitative estimate of drug-likeness (QED) is 0.348. The molecule has 4 rings (SSSR count). The second kappa shape index (κ2) is 21.6. The van der Waals surface area contributed by atoms with Gasteiger partial charge >= 0.3 is 49.7 Å². The van der Waals surface area contributed by atoms with Gasteiger partial charge in [-0.1, -0.05) is 97.1 Å². The molecule has 0 spiro atoms. The normalized spacial score (nSPS) is 8.42. The first kappa shape index (κ1) is 36.7. The van der Waals surface area contributed by atoms with E-state index in [4.69, 9.17) is 10.2 Å². The van der Waals surface area contributed by atoms with E-state index in [1.165, 1.54) is 24.3 Å². The zero-order chi connectivity index (χ0) is 26.8. The Bertz CT molecular complexity index is 1020. The van der Waals surface area contributed by atoms with Crippen LogP contribution in [-0.4, -0.2) is 71.8 Å². The Morgan fingerprint density at radius 1 is 0.421 bits per heavy atom. The van der Waals surface area contributed by atoms with Gasteiger partial charge in [0.25, 0.3) is 0 Å². The number of carboxylic acid groups (broad SMARTS) is 4. The van der Waals surface area contributed by atoms with Crippen LogP contribution in [0.4, 0.5) is 0 Å². The van der Waals surface area contributed by atoms with E-state index >= 15 is 0 Å². The average Bonchev–Trinajstić information content (AvgIpc) is 2.92. The average molecular weight is 582 g/mol. The number of carbonyl (C=O) groups is 4. The van der Waals surface area contributed by atoms with Crippen molar-refractivity contribution < 1.29 is 56.7 Å². The number of hydrogen-bond donors (Lipinski definition) is 2. The number of benzene rings is 4. The molecule has 4 aromatic rings. The molecule has 4 aromatic carbocycles. The van der Waals surface area contributed by atoms with Crippen molar-refractivity contribution in [1.82, 2.24) is 0 Å². The summed E-state index contributed by atoms with van der Waals surface area (Å²) in [6.07, 6.45) is 0. The SMILES string of the molecule is O=C(O)c1ccccc1.O=C(O)c1ccccc1.O=C([O-])c1ccccc1.O=C([O-])c1ccccc1.[Ca+2].[Fe]. The van der Waals surface area contributed by atoms with Crippen molar-refractivity contribution in [2.45, 2.75) is 0 Å². The van der Waals surface area contributed by atoms with Crippen molar-refractivity contribution >= 4 is 61.6 Å². The van der Waals surface area contributed by atoms with Gasteiger partial charge in [0.05, 0.1) is 23.1 Å². The Balaban J connectivity index is 0.